The molecule has 3 rings (SSSR count). The number of aryl methyl sites for hydroxylation is 4. The SMILES string of the molecule is Cc1nc(CCn2c(CCCl)nc3c(Cl)cccc32)cs1. The molecule has 0 atom stereocenters. The average molecular weight is 340 g/mol. The zero-order valence-electron chi connectivity index (χ0n) is 11.6. The van der Waals surface area contributed by atoms with Crippen LogP contribution in [0.2, 0.25) is 5.02 Å². The van der Waals surface area contributed by atoms with E-state index in [1.54, 1.807) is 11.3 Å². The van der Waals surface area contributed by atoms with Gasteiger partial charge in [0.2, 0.25) is 0 Å². The number of imidazole rings is 1. The van der Waals surface area contributed by atoms with Crippen molar-refractivity contribution in [3.05, 3.63) is 45.1 Å². The van der Waals surface area contributed by atoms with Gasteiger partial charge in [-0.1, -0.05) is 17.7 Å². The number of para-hydroxylation sites is 1. The Bertz CT molecular complexity index is 763. The Morgan fingerprint density at radius 2 is 2.10 bits per heavy atom. The minimum absolute atomic E-state index is 0.552. The highest BCUT2D eigenvalue weighted by molar-refractivity contribution is 7.09. The van der Waals surface area contributed by atoms with Crippen LogP contribution in [0.3, 0.4) is 0 Å². The van der Waals surface area contributed by atoms with Crippen molar-refractivity contribution in [2.24, 2.45) is 0 Å². The first kappa shape index (κ1) is 14.8. The summed E-state index contributed by atoms with van der Waals surface area (Å²) < 4.78 is 2.21. The molecule has 0 fully saturated rings. The molecule has 0 aliphatic heterocycles. The molecular weight excluding hydrogens is 325 g/mol. The first-order valence-corrected chi connectivity index (χ1v) is 8.59. The molecule has 0 saturated carbocycles. The number of hydrogen-bond acceptors (Lipinski definition) is 3. The quantitative estimate of drug-likeness (QED) is 0.641. The van der Waals surface area contributed by atoms with Crippen molar-refractivity contribution < 1.29 is 0 Å². The summed E-state index contributed by atoms with van der Waals surface area (Å²) in [6.45, 7) is 2.87. The van der Waals surface area contributed by atoms with Crippen LogP contribution in [-0.4, -0.2) is 20.4 Å². The number of alkyl halides is 1. The summed E-state index contributed by atoms with van der Waals surface area (Å²) in [5, 5.41) is 3.90. The summed E-state index contributed by atoms with van der Waals surface area (Å²) in [6.07, 6.45) is 1.63. The first-order valence-electron chi connectivity index (χ1n) is 6.79. The molecule has 110 valence electrons. The van der Waals surface area contributed by atoms with E-state index in [-0.39, 0.29) is 0 Å². The third-order valence-corrected chi connectivity index (χ3v) is 4.70. The fraction of sp³-hybridized carbons (Fsp3) is 0.333. The molecule has 0 aliphatic carbocycles. The number of benzene rings is 1. The van der Waals surface area contributed by atoms with Gasteiger partial charge in [0.1, 0.15) is 11.3 Å². The number of rotatable bonds is 5. The minimum Gasteiger partial charge on any atom is -0.328 e. The topological polar surface area (TPSA) is 30.7 Å². The minimum atomic E-state index is 0.552. The van der Waals surface area contributed by atoms with E-state index in [9.17, 15) is 0 Å². The fourth-order valence-electron chi connectivity index (χ4n) is 2.44. The van der Waals surface area contributed by atoms with Crippen LogP contribution in [0.25, 0.3) is 11.0 Å². The maximum absolute atomic E-state index is 6.24. The van der Waals surface area contributed by atoms with Gasteiger partial charge in [-0.25, -0.2) is 9.97 Å². The van der Waals surface area contributed by atoms with Crippen molar-refractivity contribution in [1.29, 1.82) is 0 Å². The molecule has 2 heterocycles. The molecule has 0 radical (unpaired) electrons. The van der Waals surface area contributed by atoms with E-state index in [1.807, 2.05) is 19.1 Å². The van der Waals surface area contributed by atoms with Gasteiger partial charge in [-0.15, -0.1) is 22.9 Å². The van der Waals surface area contributed by atoms with E-state index < -0.39 is 0 Å². The van der Waals surface area contributed by atoms with Crippen molar-refractivity contribution in [3.63, 3.8) is 0 Å². The lowest BCUT2D eigenvalue weighted by Gasteiger charge is -2.07. The van der Waals surface area contributed by atoms with Crippen LogP contribution in [0, 0.1) is 6.92 Å². The van der Waals surface area contributed by atoms with Gasteiger partial charge < -0.3 is 4.57 Å². The Balaban J connectivity index is 1.95. The van der Waals surface area contributed by atoms with E-state index in [0.717, 1.165) is 46.9 Å². The van der Waals surface area contributed by atoms with Gasteiger partial charge in [-0.05, 0) is 19.1 Å². The van der Waals surface area contributed by atoms with Gasteiger partial charge in [-0.2, -0.15) is 0 Å². The highest BCUT2D eigenvalue weighted by atomic mass is 35.5. The Kier molecular flexibility index (Phi) is 4.48. The molecule has 0 amide bonds. The lowest BCUT2D eigenvalue weighted by molar-refractivity contribution is 0.667. The predicted octanol–water partition coefficient (Wildman–Crippen LogP) is 4.48. The fourth-order valence-corrected chi connectivity index (χ4v) is 3.46. The number of nitrogens with zero attached hydrogens (tertiary/aromatic N) is 3. The predicted molar refractivity (Wildman–Crippen MR) is 89.7 cm³/mol. The molecule has 0 saturated heterocycles. The zero-order chi connectivity index (χ0) is 14.8. The van der Waals surface area contributed by atoms with Gasteiger partial charge in [0, 0.05) is 30.6 Å². The molecule has 0 N–H and O–H groups in total. The molecule has 0 bridgehead atoms. The van der Waals surface area contributed by atoms with Gasteiger partial charge in [0.25, 0.3) is 0 Å². The molecule has 1 aromatic carbocycles. The van der Waals surface area contributed by atoms with E-state index in [1.165, 1.54) is 0 Å². The summed E-state index contributed by atoms with van der Waals surface area (Å²) >= 11 is 13.8. The summed E-state index contributed by atoms with van der Waals surface area (Å²) in [7, 11) is 0. The first-order chi connectivity index (χ1) is 10.2. The second-order valence-electron chi connectivity index (χ2n) is 4.83. The summed E-state index contributed by atoms with van der Waals surface area (Å²) in [5.41, 5.74) is 3.04. The number of aromatic nitrogens is 3. The van der Waals surface area contributed by atoms with E-state index in [2.05, 4.69) is 26.0 Å². The van der Waals surface area contributed by atoms with Gasteiger partial charge in [0.05, 0.1) is 21.2 Å². The molecule has 0 spiro atoms. The Morgan fingerprint density at radius 3 is 2.81 bits per heavy atom. The smallest absolute Gasteiger partial charge is 0.111 e. The largest absolute Gasteiger partial charge is 0.328 e. The third-order valence-electron chi connectivity index (χ3n) is 3.38. The molecule has 2 aromatic heterocycles. The van der Waals surface area contributed by atoms with Gasteiger partial charge in [0.15, 0.2) is 0 Å². The third kappa shape index (κ3) is 3.07. The molecule has 21 heavy (non-hydrogen) atoms. The number of fused-ring (bicyclic) bond motifs is 1. The molecular formula is C15H15Cl2N3S. The maximum Gasteiger partial charge on any atom is 0.111 e. The highest BCUT2D eigenvalue weighted by Crippen LogP contribution is 2.25. The standard InChI is InChI=1S/C15H15Cl2N3S/c1-10-18-11(9-21-10)6-8-20-13-4-2-3-12(17)15(13)19-14(20)5-7-16/h2-4,9H,5-8H2,1H3. The Hall–Kier alpha value is -1.10. The lowest BCUT2D eigenvalue weighted by atomic mass is 10.3. The molecule has 0 aliphatic rings. The zero-order valence-corrected chi connectivity index (χ0v) is 14.0. The van der Waals surface area contributed by atoms with Gasteiger partial charge >= 0.3 is 0 Å². The van der Waals surface area contributed by atoms with Crippen LogP contribution in [0.5, 0.6) is 0 Å². The van der Waals surface area contributed by atoms with Crippen LogP contribution < -0.4 is 0 Å². The van der Waals surface area contributed by atoms with Gasteiger partial charge in [-0.3, -0.25) is 0 Å². The lowest BCUT2D eigenvalue weighted by Crippen LogP contribution is -2.07. The summed E-state index contributed by atoms with van der Waals surface area (Å²) in [6, 6.07) is 5.88. The van der Waals surface area contributed by atoms with Crippen molar-refractivity contribution in [2.75, 3.05) is 5.88 Å². The molecule has 3 aromatic rings. The van der Waals surface area contributed by atoms with E-state index in [4.69, 9.17) is 23.2 Å². The summed E-state index contributed by atoms with van der Waals surface area (Å²) in [5.74, 6) is 1.54. The molecule has 3 nitrogen and oxygen atoms in total. The van der Waals surface area contributed by atoms with E-state index >= 15 is 0 Å². The molecule has 6 heteroatoms. The van der Waals surface area contributed by atoms with Crippen LogP contribution in [0.1, 0.15) is 16.5 Å². The number of hydrogen-bond donors (Lipinski definition) is 0. The average Bonchev–Trinajstić information content (AvgIpc) is 3.02. The second-order valence-corrected chi connectivity index (χ2v) is 6.68. The van der Waals surface area contributed by atoms with Crippen LogP contribution in [0.15, 0.2) is 23.6 Å². The number of halogens is 2. The Labute approximate surface area is 137 Å². The Morgan fingerprint density at radius 1 is 1.24 bits per heavy atom. The van der Waals surface area contributed by atoms with Crippen LogP contribution in [0.4, 0.5) is 0 Å². The number of thiazole rings is 1. The highest BCUT2D eigenvalue weighted by Gasteiger charge is 2.13. The monoisotopic (exact) mass is 339 g/mol. The normalized spacial score (nSPS) is 11.4. The van der Waals surface area contributed by atoms with Crippen LogP contribution >= 0.6 is 34.5 Å². The molecule has 0 unspecified atom stereocenters. The van der Waals surface area contributed by atoms with Crippen molar-refractivity contribution in [3.8, 4) is 0 Å². The summed E-state index contributed by atoms with van der Waals surface area (Å²) in [4.78, 5) is 9.16. The second kappa shape index (κ2) is 6.34. The maximum atomic E-state index is 6.24. The van der Waals surface area contributed by atoms with Crippen LogP contribution in [-0.2, 0) is 19.4 Å². The van der Waals surface area contributed by atoms with Crippen molar-refractivity contribution >= 4 is 45.6 Å². The van der Waals surface area contributed by atoms with Crippen molar-refractivity contribution in [1.82, 2.24) is 14.5 Å². The van der Waals surface area contributed by atoms with E-state index in [0.29, 0.717) is 10.9 Å². The van der Waals surface area contributed by atoms with Crippen molar-refractivity contribution in [2.45, 2.75) is 26.3 Å².